The summed E-state index contributed by atoms with van der Waals surface area (Å²) in [6, 6.07) is 10.8. The van der Waals surface area contributed by atoms with Crippen molar-refractivity contribution in [3.63, 3.8) is 0 Å². The third-order valence-electron chi connectivity index (χ3n) is 6.14. The molecule has 2 aromatic carbocycles. The lowest BCUT2D eigenvalue weighted by atomic mass is 9.94. The molecule has 5 rings (SSSR count). The first kappa shape index (κ1) is 24.0. The molecule has 0 unspecified atom stereocenters. The van der Waals surface area contributed by atoms with E-state index in [4.69, 9.17) is 21.1 Å². The summed E-state index contributed by atoms with van der Waals surface area (Å²) in [5, 5.41) is 11.9. The minimum Gasteiger partial charge on any atom is -0.507 e. The molecular formula is C26H21ClN2O6S. The van der Waals surface area contributed by atoms with Gasteiger partial charge in [0.1, 0.15) is 22.5 Å². The average Bonchev–Trinajstić information content (AvgIpc) is 3.50. The number of aromatic nitrogens is 1. The van der Waals surface area contributed by atoms with E-state index in [0.29, 0.717) is 28.3 Å². The number of aryl methyl sites for hydroxylation is 1. The zero-order valence-electron chi connectivity index (χ0n) is 19.6. The molecule has 0 radical (unpaired) electrons. The molecule has 2 aliphatic rings. The molecule has 3 heterocycles. The number of esters is 1. The highest BCUT2D eigenvalue weighted by atomic mass is 35.5. The number of aliphatic hydroxyl groups is 1. The minimum atomic E-state index is -1.01. The summed E-state index contributed by atoms with van der Waals surface area (Å²) >= 11 is 7.18. The normalized spacial score (nSPS) is 20.4. The highest BCUT2D eigenvalue weighted by molar-refractivity contribution is 7.17. The first-order valence-corrected chi connectivity index (χ1v) is 12.3. The number of carbonyl (C=O) groups is 3. The van der Waals surface area contributed by atoms with Crippen LogP contribution in [0, 0.1) is 6.92 Å². The van der Waals surface area contributed by atoms with Gasteiger partial charge < -0.3 is 14.6 Å². The number of anilines is 1. The van der Waals surface area contributed by atoms with Crippen molar-refractivity contribution in [2.24, 2.45) is 0 Å². The summed E-state index contributed by atoms with van der Waals surface area (Å²) in [5.41, 5.74) is 2.07. The maximum atomic E-state index is 13.4. The SMILES string of the molecule is COC(=O)c1sc(N2C(=O)C(=O)C(=C(O)c3ccc4c(c3)C[C@H](C)O4)[C@H]2c2cccc(Cl)c2)nc1C. The van der Waals surface area contributed by atoms with Crippen LogP contribution in [-0.2, 0) is 20.7 Å². The largest absolute Gasteiger partial charge is 0.507 e. The molecule has 1 N–H and O–H groups in total. The number of Topliss-reactive ketones (excluding diaryl/α,β-unsaturated/α-hetero) is 1. The van der Waals surface area contributed by atoms with Crippen LogP contribution < -0.4 is 9.64 Å². The number of aliphatic hydroxyl groups excluding tert-OH is 1. The van der Waals surface area contributed by atoms with Crippen LogP contribution in [0.3, 0.4) is 0 Å². The lowest BCUT2D eigenvalue weighted by Gasteiger charge is -2.23. The summed E-state index contributed by atoms with van der Waals surface area (Å²) < 4.78 is 10.6. The van der Waals surface area contributed by atoms with Crippen molar-refractivity contribution in [3.8, 4) is 5.75 Å². The summed E-state index contributed by atoms with van der Waals surface area (Å²) in [5.74, 6) is -1.93. The second-order valence-corrected chi connectivity index (χ2v) is 10.00. The highest BCUT2D eigenvalue weighted by Crippen LogP contribution is 2.44. The van der Waals surface area contributed by atoms with E-state index in [9.17, 15) is 19.5 Å². The number of halogens is 1. The van der Waals surface area contributed by atoms with E-state index in [1.165, 1.54) is 12.0 Å². The Morgan fingerprint density at radius 2 is 2.03 bits per heavy atom. The number of benzene rings is 2. The summed E-state index contributed by atoms with van der Waals surface area (Å²) in [6.45, 7) is 3.56. The number of thiazole rings is 1. The van der Waals surface area contributed by atoms with Gasteiger partial charge in [0.05, 0.1) is 24.4 Å². The van der Waals surface area contributed by atoms with E-state index in [1.54, 1.807) is 49.4 Å². The molecule has 2 atom stereocenters. The number of methoxy groups -OCH3 is 1. The zero-order valence-corrected chi connectivity index (χ0v) is 21.1. The lowest BCUT2D eigenvalue weighted by molar-refractivity contribution is -0.132. The molecule has 1 aromatic heterocycles. The number of fused-ring (bicyclic) bond motifs is 1. The zero-order chi connectivity index (χ0) is 25.7. The molecule has 0 saturated carbocycles. The molecule has 8 nitrogen and oxygen atoms in total. The fourth-order valence-electron chi connectivity index (χ4n) is 4.51. The smallest absolute Gasteiger partial charge is 0.350 e. The van der Waals surface area contributed by atoms with Gasteiger partial charge in [-0.1, -0.05) is 35.1 Å². The molecule has 2 aliphatic heterocycles. The molecule has 0 spiro atoms. The van der Waals surface area contributed by atoms with Gasteiger partial charge >= 0.3 is 11.9 Å². The Bertz CT molecular complexity index is 1460. The van der Waals surface area contributed by atoms with E-state index in [1.807, 2.05) is 6.92 Å². The average molecular weight is 525 g/mol. The van der Waals surface area contributed by atoms with E-state index >= 15 is 0 Å². The second-order valence-electron chi connectivity index (χ2n) is 8.58. The highest BCUT2D eigenvalue weighted by Gasteiger charge is 2.48. The van der Waals surface area contributed by atoms with Crippen molar-refractivity contribution in [3.05, 3.63) is 80.3 Å². The quantitative estimate of drug-likeness (QED) is 0.225. The van der Waals surface area contributed by atoms with Gasteiger partial charge in [-0.2, -0.15) is 0 Å². The fourth-order valence-corrected chi connectivity index (χ4v) is 5.72. The maximum absolute atomic E-state index is 13.4. The van der Waals surface area contributed by atoms with Gasteiger partial charge in [-0.15, -0.1) is 0 Å². The molecule has 1 fully saturated rings. The first-order chi connectivity index (χ1) is 17.2. The molecule has 0 aliphatic carbocycles. The lowest BCUT2D eigenvalue weighted by Crippen LogP contribution is -2.29. The van der Waals surface area contributed by atoms with Crippen LogP contribution in [0.1, 0.15) is 45.0 Å². The predicted molar refractivity (Wildman–Crippen MR) is 135 cm³/mol. The monoisotopic (exact) mass is 524 g/mol. The van der Waals surface area contributed by atoms with Crippen molar-refractivity contribution < 1.29 is 29.0 Å². The molecule has 36 heavy (non-hydrogen) atoms. The van der Waals surface area contributed by atoms with Crippen LogP contribution in [0.25, 0.3) is 5.76 Å². The van der Waals surface area contributed by atoms with Gasteiger partial charge in [-0.3, -0.25) is 14.5 Å². The topological polar surface area (TPSA) is 106 Å². The molecule has 3 aromatic rings. The molecule has 1 amide bonds. The van der Waals surface area contributed by atoms with Gasteiger partial charge in [-0.05, 0) is 55.3 Å². The van der Waals surface area contributed by atoms with Crippen LogP contribution in [0.4, 0.5) is 5.13 Å². The standard InChI is InChI=1S/C26H21ClN2O6S/c1-12-9-16-10-15(7-8-18(16)35-12)21(30)19-20(14-5-4-6-17(27)11-14)29(24(32)22(19)31)26-28-13(2)23(36-26)25(33)34-3/h4-8,10-12,20,30H,9H2,1-3H3/t12-,20+/m0/s1. The first-order valence-electron chi connectivity index (χ1n) is 11.1. The molecule has 0 bridgehead atoms. The Labute approximate surface area is 215 Å². The summed E-state index contributed by atoms with van der Waals surface area (Å²) in [7, 11) is 1.25. The number of hydrogen-bond donors (Lipinski definition) is 1. The van der Waals surface area contributed by atoms with Crippen LogP contribution in [-0.4, -0.2) is 41.0 Å². The van der Waals surface area contributed by atoms with Crippen molar-refractivity contribution in [1.29, 1.82) is 0 Å². The van der Waals surface area contributed by atoms with Gasteiger partial charge in [0.25, 0.3) is 5.78 Å². The maximum Gasteiger partial charge on any atom is 0.350 e. The van der Waals surface area contributed by atoms with Gasteiger partial charge in [0, 0.05) is 17.0 Å². The Hall–Kier alpha value is -3.69. The van der Waals surface area contributed by atoms with Crippen molar-refractivity contribution in [2.75, 3.05) is 12.0 Å². The van der Waals surface area contributed by atoms with Crippen LogP contribution in [0.5, 0.6) is 5.75 Å². The number of hydrogen-bond acceptors (Lipinski definition) is 8. The Morgan fingerprint density at radius 3 is 2.75 bits per heavy atom. The Balaban J connectivity index is 1.69. The van der Waals surface area contributed by atoms with Crippen LogP contribution in [0.15, 0.2) is 48.0 Å². The van der Waals surface area contributed by atoms with Gasteiger partial charge in [0.15, 0.2) is 5.13 Å². The fraction of sp³-hybridized carbons (Fsp3) is 0.231. The van der Waals surface area contributed by atoms with Crippen molar-refractivity contribution in [1.82, 2.24) is 4.98 Å². The number of nitrogens with zero attached hydrogens (tertiary/aromatic N) is 2. The predicted octanol–water partition coefficient (Wildman–Crippen LogP) is 4.84. The Morgan fingerprint density at radius 1 is 1.25 bits per heavy atom. The molecule has 10 heteroatoms. The molecule has 1 saturated heterocycles. The van der Waals surface area contributed by atoms with Crippen LogP contribution in [0.2, 0.25) is 5.02 Å². The minimum absolute atomic E-state index is 0.00610. The second kappa shape index (κ2) is 9.07. The van der Waals surface area contributed by atoms with E-state index in [-0.39, 0.29) is 27.4 Å². The van der Waals surface area contributed by atoms with Gasteiger partial charge in [0.2, 0.25) is 0 Å². The number of amides is 1. The number of ketones is 1. The summed E-state index contributed by atoms with van der Waals surface area (Å²) in [6.07, 6.45) is 0.670. The number of carbonyl (C=O) groups excluding carboxylic acids is 3. The number of ether oxygens (including phenoxy) is 2. The third-order valence-corrected chi connectivity index (χ3v) is 7.51. The Kier molecular flexibility index (Phi) is 6.05. The molecular weight excluding hydrogens is 504 g/mol. The van der Waals surface area contributed by atoms with Crippen molar-refractivity contribution in [2.45, 2.75) is 32.4 Å². The summed E-state index contributed by atoms with van der Waals surface area (Å²) in [4.78, 5) is 44.7. The number of rotatable bonds is 4. The van der Waals surface area contributed by atoms with Crippen LogP contribution >= 0.6 is 22.9 Å². The third kappa shape index (κ3) is 3.94. The van der Waals surface area contributed by atoms with Gasteiger partial charge in [-0.25, -0.2) is 9.78 Å². The van der Waals surface area contributed by atoms with E-state index in [2.05, 4.69) is 4.98 Å². The molecule has 184 valence electrons. The van der Waals surface area contributed by atoms with Crippen molar-refractivity contribution >= 4 is 51.5 Å². The van der Waals surface area contributed by atoms with E-state index < -0.39 is 23.7 Å². The van der Waals surface area contributed by atoms with E-state index in [0.717, 1.165) is 22.6 Å².